The second-order valence-corrected chi connectivity index (χ2v) is 5.50. The minimum atomic E-state index is -0.123. The molecule has 0 aliphatic carbocycles. The number of amides is 1. The largest absolute Gasteiger partial charge is 0.380 e. The molecule has 3 aromatic carbocycles. The molecule has 0 radical (unpaired) electrons. The zero-order valence-corrected chi connectivity index (χ0v) is 13.5. The quantitative estimate of drug-likeness (QED) is 0.737. The first-order chi connectivity index (χ1) is 11.8. The van der Waals surface area contributed by atoms with Crippen LogP contribution in [0.5, 0.6) is 0 Å². The number of benzene rings is 3. The van der Waals surface area contributed by atoms with Gasteiger partial charge in [-0.2, -0.15) is 0 Å². The number of para-hydroxylation sites is 1. The average molecular weight is 317 g/mol. The fourth-order valence-corrected chi connectivity index (χ4v) is 2.58. The van der Waals surface area contributed by atoms with E-state index in [0.717, 1.165) is 22.4 Å². The van der Waals surface area contributed by atoms with Crippen molar-refractivity contribution >= 4 is 11.6 Å². The predicted octanol–water partition coefficient (Wildman–Crippen LogP) is 4.75. The van der Waals surface area contributed by atoms with Gasteiger partial charge in [0.15, 0.2) is 0 Å². The van der Waals surface area contributed by atoms with E-state index >= 15 is 0 Å². The highest BCUT2D eigenvalue weighted by Gasteiger charge is 2.10. The maximum atomic E-state index is 12.5. The maximum Gasteiger partial charge on any atom is 0.255 e. The molecule has 0 saturated carbocycles. The Morgan fingerprint density at radius 2 is 1.54 bits per heavy atom. The Hall–Kier alpha value is -2.91. The molecular weight excluding hydrogens is 298 g/mol. The summed E-state index contributed by atoms with van der Waals surface area (Å²) in [5, 5.41) is 3.01. The van der Waals surface area contributed by atoms with Crippen LogP contribution in [0.2, 0.25) is 0 Å². The number of rotatable bonds is 5. The lowest BCUT2D eigenvalue weighted by Crippen LogP contribution is -2.12. The van der Waals surface area contributed by atoms with Crippen molar-refractivity contribution in [2.75, 3.05) is 12.4 Å². The van der Waals surface area contributed by atoms with Crippen molar-refractivity contribution < 1.29 is 9.53 Å². The molecule has 24 heavy (non-hydrogen) atoms. The Balaban J connectivity index is 1.82. The molecular formula is C21H19NO2. The molecule has 0 fully saturated rings. The minimum absolute atomic E-state index is 0.123. The van der Waals surface area contributed by atoms with Crippen molar-refractivity contribution in [3.8, 4) is 11.1 Å². The van der Waals surface area contributed by atoms with E-state index in [4.69, 9.17) is 4.74 Å². The molecule has 0 bridgehead atoms. The van der Waals surface area contributed by atoms with E-state index in [0.29, 0.717) is 12.2 Å². The van der Waals surface area contributed by atoms with Gasteiger partial charge in [0.1, 0.15) is 0 Å². The summed E-state index contributed by atoms with van der Waals surface area (Å²) in [6, 6.07) is 25.3. The molecule has 0 atom stereocenters. The molecule has 0 aliphatic heterocycles. The van der Waals surface area contributed by atoms with Gasteiger partial charge in [-0.25, -0.2) is 0 Å². The van der Waals surface area contributed by atoms with Crippen molar-refractivity contribution in [3.63, 3.8) is 0 Å². The Bertz CT molecular complexity index is 811. The van der Waals surface area contributed by atoms with Gasteiger partial charge in [-0.3, -0.25) is 4.79 Å². The molecule has 3 heteroatoms. The molecule has 1 amide bonds. The SMILES string of the molecule is COCc1ccc(C(=O)Nc2ccccc2-c2ccccc2)cc1. The summed E-state index contributed by atoms with van der Waals surface area (Å²) in [5.41, 5.74) is 4.54. The minimum Gasteiger partial charge on any atom is -0.380 e. The van der Waals surface area contributed by atoms with Crippen LogP contribution in [-0.4, -0.2) is 13.0 Å². The standard InChI is InChI=1S/C21H19NO2/c1-24-15-16-11-13-18(14-12-16)21(23)22-20-10-6-5-9-19(20)17-7-3-2-4-8-17/h2-14H,15H2,1H3,(H,22,23). The van der Waals surface area contributed by atoms with Crippen LogP contribution in [0.1, 0.15) is 15.9 Å². The summed E-state index contributed by atoms with van der Waals surface area (Å²) >= 11 is 0. The Morgan fingerprint density at radius 3 is 2.25 bits per heavy atom. The third kappa shape index (κ3) is 3.70. The molecule has 0 aliphatic rings. The van der Waals surface area contributed by atoms with E-state index < -0.39 is 0 Å². The summed E-state index contributed by atoms with van der Waals surface area (Å²) in [7, 11) is 1.65. The van der Waals surface area contributed by atoms with E-state index in [1.54, 1.807) is 7.11 Å². The fourth-order valence-electron chi connectivity index (χ4n) is 2.58. The van der Waals surface area contributed by atoms with Crippen molar-refractivity contribution in [1.82, 2.24) is 0 Å². The zero-order valence-electron chi connectivity index (χ0n) is 13.5. The Kier molecular flexibility index (Phi) is 5.04. The summed E-state index contributed by atoms with van der Waals surface area (Å²) in [6.07, 6.45) is 0. The molecule has 120 valence electrons. The van der Waals surface area contributed by atoms with Crippen molar-refractivity contribution in [2.24, 2.45) is 0 Å². The summed E-state index contributed by atoms with van der Waals surface area (Å²) in [6.45, 7) is 0.540. The van der Waals surface area contributed by atoms with Crippen LogP contribution >= 0.6 is 0 Å². The van der Waals surface area contributed by atoms with Crippen LogP contribution in [0.25, 0.3) is 11.1 Å². The molecule has 3 rings (SSSR count). The molecule has 3 aromatic rings. The lowest BCUT2D eigenvalue weighted by molar-refractivity contribution is 0.102. The third-order valence-corrected chi connectivity index (χ3v) is 3.79. The zero-order chi connectivity index (χ0) is 16.8. The van der Waals surface area contributed by atoms with Crippen LogP contribution in [-0.2, 0) is 11.3 Å². The van der Waals surface area contributed by atoms with E-state index in [1.807, 2.05) is 78.9 Å². The second kappa shape index (κ2) is 7.57. The summed E-state index contributed by atoms with van der Waals surface area (Å²) in [4.78, 5) is 12.5. The van der Waals surface area contributed by atoms with E-state index in [2.05, 4.69) is 5.32 Å². The molecule has 0 unspecified atom stereocenters. The van der Waals surface area contributed by atoms with Gasteiger partial charge in [-0.1, -0.05) is 60.7 Å². The van der Waals surface area contributed by atoms with E-state index in [1.165, 1.54) is 0 Å². The van der Waals surface area contributed by atoms with Gasteiger partial charge in [0, 0.05) is 23.9 Å². The van der Waals surface area contributed by atoms with Crippen molar-refractivity contribution in [1.29, 1.82) is 0 Å². The van der Waals surface area contributed by atoms with Gasteiger partial charge in [-0.05, 0) is 29.3 Å². The molecule has 3 nitrogen and oxygen atoms in total. The van der Waals surface area contributed by atoms with Crippen LogP contribution in [0.4, 0.5) is 5.69 Å². The number of hydrogen-bond acceptors (Lipinski definition) is 2. The van der Waals surface area contributed by atoms with Crippen LogP contribution < -0.4 is 5.32 Å². The van der Waals surface area contributed by atoms with Gasteiger partial charge < -0.3 is 10.1 Å². The first-order valence-corrected chi connectivity index (χ1v) is 7.81. The van der Waals surface area contributed by atoms with Crippen LogP contribution in [0, 0.1) is 0 Å². The highest BCUT2D eigenvalue weighted by Crippen LogP contribution is 2.27. The third-order valence-electron chi connectivity index (χ3n) is 3.79. The van der Waals surface area contributed by atoms with Gasteiger partial charge in [-0.15, -0.1) is 0 Å². The highest BCUT2D eigenvalue weighted by molar-refractivity contribution is 6.06. The predicted molar refractivity (Wildman–Crippen MR) is 97.0 cm³/mol. The van der Waals surface area contributed by atoms with Crippen LogP contribution in [0.15, 0.2) is 78.9 Å². The lowest BCUT2D eigenvalue weighted by Gasteiger charge is -2.11. The maximum absolute atomic E-state index is 12.5. The van der Waals surface area contributed by atoms with Crippen molar-refractivity contribution in [2.45, 2.75) is 6.61 Å². The number of carbonyl (C=O) groups excluding carboxylic acids is 1. The average Bonchev–Trinajstić information content (AvgIpc) is 2.64. The van der Waals surface area contributed by atoms with E-state index in [-0.39, 0.29) is 5.91 Å². The fraction of sp³-hybridized carbons (Fsp3) is 0.0952. The van der Waals surface area contributed by atoms with Gasteiger partial charge in [0.25, 0.3) is 5.91 Å². The van der Waals surface area contributed by atoms with Gasteiger partial charge >= 0.3 is 0 Å². The van der Waals surface area contributed by atoms with Crippen LogP contribution in [0.3, 0.4) is 0 Å². The number of hydrogen-bond donors (Lipinski definition) is 1. The molecule has 0 spiro atoms. The first kappa shape index (κ1) is 16.0. The monoisotopic (exact) mass is 317 g/mol. The first-order valence-electron chi connectivity index (χ1n) is 7.81. The van der Waals surface area contributed by atoms with Gasteiger partial charge in [0.05, 0.1) is 6.61 Å². The number of methoxy groups -OCH3 is 1. The topological polar surface area (TPSA) is 38.3 Å². The number of nitrogens with one attached hydrogen (secondary N) is 1. The Morgan fingerprint density at radius 1 is 0.875 bits per heavy atom. The Labute approximate surface area is 141 Å². The molecule has 1 N–H and O–H groups in total. The summed E-state index contributed by atoms with van der Waals surface area (Å²) in [5.74, 6) is -0.123. The summed E-state index contributed by atoms with van der Waals surface area (Å²) < 4.78 is 5.09. The number of carbonyl (C=O) groups is 1. The van der Waals surface area contributed by atoms with Crippen molar-refractivity contribution in [3.05, 3.63) is 90.0 Å². The molecule has 0 aromatic heterocycles. The lowest BCUT2D eigenvalue weighted by atomic mass is 10.0. The normalized spacial score (nSPS) is 10.4. The smallest absolute Gasteiger partial charge is 0.255 e. The van der Waals surface area contributed by atoms with Gasteiger partial charge in [0.2, 0.25) is 0 Å². The van der Waals surface area contributed by atoms with E-state index in [9.17, 15) is 4.79 Å². The molecule has 0 heterocycles. The highest BCUT2D eigenvalue weighted by atomic mass is 16.5. The molecule has 0 saturated heterocycles. The number of ether oxygens (including phenoxy) is 1. The second-order valence-electron chi connectivity index (χ2n) is 5.50. The number of anilines is 1.